The van der Waals surface area contributed by atoms with Crippen molar-refractivity contribution in [3.8, 4) is 11.5 Å². The molecule has 38 heavy (non-hydrogen) atoms. The Kier molecular flexibility index (Phi) is 8.80. The zero-order valence-electron chi connectivity index (χ0n) is 21.7. The Morgan fingerprint density at radius 3 is 2.63 bits per heavy atom. The number of rotatable bonds is 8. The molecule has 1 aromatic heterocycles. The molecule has 0 aliphatic carbocycles. The van der Waals surface area contributed by atoms with Crippen LogP contribution in [0.3, 0.4) is 0 Å². The van der Waals surface area contributed by atoms with Crippen LogP contribution in [0.25, 0.3) is 6.08 Å². The number of hydrogen-bond donors (Lipinski definition) is 0. The molecule has 0 radical (unpaired) electrons. The maximum absolute atomic E-state index is 13.9. The third kappa shape index (κ3) is 5.60. The number of carbonyl (C=O) groups is 1. The van der Waals surface area contributed by atoms with Crippen LogP contribution >= 0.6 is 38.9 Å². The quantitative estimate of drug-likeness (QED) is 0.316. The SMILES string of the molecule is CCOC(=O)C1=C(C)N=c2s/c(=C\c3cc(Br)c(OC(C)C)c(OCC)c3)c(=O)n2[C@H]1c1ccccc1Cl. The van der Waals surface area contributed by atoms with E-state index in [4.69, 9.17) is 25.8 Å². The number of thiazole rings is 1. The Bertz CT molecular complexity index is 1590. The second kappa shape index (κ2) is 11.9. The van der Waals surface area contributed by atoms with Crippen molar-refractivity contribution < 1.29 is 19.0 Å². The summed E-state index contributed by atoms with van der Waals surface area (Å²) in [5.74, 6) is 0.650. The van der Waals surface area contributed by atoms with Gasteiger partial charge in [0.25, 0.3) is 5.56 Å². The molecule has 1 aliphatic heterocycles. The van der Waals surface area contributed by atoms with Crippen molar-refractivity contribution in [3.05, 3.63) is 88.0 Å². The molecule has 0 spiro atoms. The summed E-state index contributed by atoms with van der Waals surface area (Å²) in [6.45, 7) is 9.92. The van der Waals surface area contributed by atoms with Crippen LogP contribution in [0.15, 0.2) is 61.9 Å². The first kappa shape index (κ1) is 28.1. The minimum atomic E-state index is -0.770. The Hall–Kier alpha value is -2.88. The number of nitrogens with zero attached hydrogens (tertiary/aromatic N) is 2. The molecule has 7 nitrogen and oxygen atoms in total. The Morgan fingerprint density at radius 2 is 1.97 bits per heavy atom. The highest BCUT2D eigenvalue weighted by Crippen LogP contribution is 2.38. The lowest BCUT2D eigenvalue weighted by molar-refractivity contribution is -0.139. The van der Waals surface area contributed by atoms with Gasteiger partial charge in [-0.05, 0) is 86.0 Å². The number of halogens is 2. The Morgan fingerprint density at radius 1 is 1.24 bits per heavy atom. The number of allylic oxidation sites excluding steroid dienone is 1. The molecule has 10 heteroatoms. The van der Waals surface area contributed by atoms with Gasteiger partial charge in [0.15, 0.2) is 16.3 Å². The van der Waals surface area contributed by atoms with E-state index in [0.717, 1.165) is 5.56 Å². The summed E-state index contributed by atoms with van der Waals surface area (Å²) in [5.41, 5.74) is 1.85. The largest absolute Gasteiger partial charge is 0.490 e. The van der Waals surface area contributed by atoms with E-state index in [1.54, 1.807) is 38.1 Å². The predicted molar refractivity (Wildman–Crippen MR) is 153 cm³/mol. The molecule has 0 unspecified atom stereocenters. The maximum atomic E-state index is 13.9. The molecular weight excluding hydrogens is 592 g/mol. The summed E-state index contributed by atoms with van der Waals surface area (Å²) < 4.78 is 19.8. The second-order valence-electron chi connectivity index (χ2n) is 8.75. The summed E-state index contributed by atoms with van der Waals surface area (Å²) >= 11 is 11.4. The minimum absolute atomic E-state index is 0.0401. The van der Waals surface area contributed by atoms with E-state index in [9.17, 15) is 9.59 Å². The van der Waals surface area contributed by atoms with Gasteiger partial charge in [0, 0.05) is 5.02 Å². The summed E-state index contributed by atoms with van der Waals surface area (Å²) in [7, 11) is 0. The first-order valence-corrected chi connectivity index (χ1v) is 14.2. The average molecular weight is 620 g/mol. The van der Waals surface area contributed by atoms with E-state index < -0.39 is 12.0 Å². The number of benzene rings is 2. The lowest BCUT2D eigenvalue weighted by Gasteiger charge is -2.25. The molecule has 3 aromatic rings. The third-order valence-corrected chi connectivity index (χ3v) is 7.62. The number of ether oxygens (including phenoxy) is 3. The van der Waals surface area contributed by atoms with Gasteiger partial charge < -0.3 is 14.2 Å². The number of hydrogen-bond acceptors (Lipinski definition) is 7. The third-order valence-electron chi connectivity index (χ3n) is 5.70. The highest BCUT2D eigenvalue weighted by molar-refractivity contribution is 9.10. The smallest absolute Gasteiger partial charge is 0.338 e. The topological polar surface area (TPSA) is 79.1 Å². The van der Waals surface area contributed by atoms with E-state index >= 15 is 0 Å². The molecule has 0 N–H and O–H groups in total. The molecule has 0 fully saturated rings. The molecule has 200 valence electrons. The zero-order valence-corrected chi connectivity index (χ0v) is 24.9. The molecule has 0 bridgehead atoms. The maximum Gasteiger partial charge on any atom is 0.338 e. The summed E-state index contributed by atoms with van der Waals surface area (Å²) in [6.07, 6.45) is 1.74. The van der Waals surface area contributed by atoms with Crippen molar-refractivity contribution in [2.24, 2.45) is 4.99 Å². The Balaban J connectivity index is 1.92. The summed E-state index contributed by atoms with van der Waals surface area (Å²) in [5, 5.41) is 0.439. The van der Waals surface area contributed by atoms with Crippen molar-refractivity contribution in [2.45, 2.75) is 46.8 Å². The lowest BCUT2D eigenvalue weighted by Crippen LogP contribution is -2.40. The zero-order chi connectivity index (χ0) is 27.6. The van der Waals surface area contributed by atoms with E-state index in [2.05, 4.69) is 20.9 Å². The van der Waals surface area contributed by atoms with Crippen LogP contribution in [-0.2, 0) is 9.53 Å². The van der Waals surface area contributed by atoms with E-state index in [-0.39, 0.29) is 23.8 Å². The van der Waals surface area contributed by atoms with Crippen LogP contribution in [0.5, 0.6) is 11.5 Å². The van der Waals surface area contributed by atoms with Gasteiger partial charge in [-0.15, -0.1) is 0 Å². The number of aromatic nitrogens is 1. The second-order valence-corrected chi connectivity index (χ2v) is 11.0. The number of carbonyl (C=O) groups excluding carboxylic acids is 1. The van der Waals surface area contributed by atoms with Crippen LogP contribution in [0, 0.1) is 0 Å². The molecule has 1 aliphatic rings. The van der Waals surface area contributed by atoms with Crippen molar-refractivity contribution in [2.75, 3.05) is 13.2 Å². The molecule has 1 atom stereocenters. The van der Waals surface area contributed by atoms with Crippen LogP contribution in [0.2, 0.25) is 5.02 Å². The first-order valence-electron chi connectivity index (χ1n) is 12.2. The molecule has 0 saturated heterocycles. The van der Waals surface area contributed by atoms with Crippen molar-refractivity contribution in [3.63, 3.8) is 0 Å². The van der Waals surface area contributed by atoms with E-state index in [1.807, 2.05) is 39.0 Å². The molecule has 0 saturated carbocycles. The number of esters is 1. The van der Waals surface area contributed by atoms with Crippen LogP contribution in [-0.4, -0.2) is 29.9 Å². The summed E-state index contributed by atoms with van der Waals surface area (Å²) in [6, 6.07) is 10.1. The first-order chi connectivity index (χ1) is 18.2. The standard InChI is InChI=1S/C28H28BrClN2O5S/c1-6-35-21-13-17(12-19(29)25(21)37-15(3)4)14-22-26(33)32-24(18-10-8-9-11-20(18)30)23(27(34)36-7-2)16(5)31-28(32)38-22/h8-15,24H,6-7H2,1-5H3/b22-14-/t24-/m0/s1. The van der Waals surface area contributed by atoms with Gasteiger partial charge in [-0.25, -0.2) is 9.79 Å². The van der Waals surface area contributed by atoms with Crippen molar-refractivity contribution in [1.29, 1.82) is 0 Å². The summed E-state index contributed by atoms with van der Waals surface area (Å²) in [4.78, 5) is 32.0. The van der Waals surface area contributed by atoms with Gasteiger partial charge in [0.2, 0.25) is 0 Å². The number of fused-ring (bicyclic) bond motifs is 1. The van der Waals surface area contributed by atoms with E-state index in [1.165, 1.54) is 15.9 Å². The monoisotopic (exact) mass is 618 g/mol. The molecular formula is C28H28BrClN2O5S. The molecule has 2 heterocycles. The highest BCUT2D eigenvalue weighted by atomic mass is 79.9. The van der Waals surface area contributed by atoms with Crippen molar-refractivity contribution in [1.82, 2.24) is 4.57 Å². The minimum Gasteiger partial charge on any atom is -0.490 e. The van der Waals surface area contributed by atoms with Gasteiger partial charge in [-0.2, -0.15) is 0 Å². The fourth-order valence-electron chi connectivity index (χ4n) is 4.22. The van der Waals surface area contributed by atoms with Crippen molar-refractivity contribution >= 4 is 50.9 Å². The highest BCUT2D eigenvalue weighted by Gasteiger charge is 2.34. The fourth-order valence-corrected chi connectivity index (χ4v) is 6.06. The van der Waals surface area contributed by atoms with Gasteiger partial charge >= 0.3 is 5.97 Å². The lowest BCUT2D eigenvalue weighted by atomic mass is 9.96. The Labute approximate surface area is 238 Å². The molecule has 4 rings (SSSR count). The van der Waals surface area contributed by atoms with Gasteiger partial charge in [0.05, 0.1) is 39.6 Å². The van der Waals surface area contributed by atoms with Crippen LogP contribution < -0.4 is 24.4 Å². The van der Waals surface area contributed by atoms with Gasteiger partial charge in [0.1, 0.15) is 6.04 Å². The van der Waals surface area contributed by atoms with E-state index in [0.29, 0.717) is 48.2 Å². The van der Waals surface area contributed by atoms with Crippen LogP contribution in [0.4, 0.5) is 0 Å². The van der Waals surface area contributed by atoms with Gasteiger partial charge in [-0.3, -0.25) is 9.36 Å². The fraction of sp³-hybridized carbons (Fsp3) is 0.321. The molecule has 0 amide bonds. The van der Waals surface area contributed by atoms with Gasteiger partial charge in [-0.1, -0.05) is 41.1 Å². The average Bonchev–Trinajstić information content (AvgIpc) is 3.15. The van der Waals surface area contributed by atoms with Crippen LogP contribution in [0.1, 0.15) is 51.8 Å². The normalized spacial score (nSPS) is 15.4. The predicted octanol–water partition coefficient (Wildman–Crippen LogP) is 5.40. The molecule has 2 aromatic carbocycles.